The fourth-order valence-electron chi connectivity index (χ4n) is 4.90. The summed E-state index contributed by atoms with van der Waals surface area (Å²) in [5, 5.41) is 9.70. The predicted molar refractivity (Wildman–Crippen MR) is 124 cm³/mol. The lowest BCUT2D eigenvalue weighted by Gasteiger charge is -2.40. The summed E-state index contributed by atoms with van der Waals surface area (Å²) in [5.74, 6) is 1.10. The number of rotatable bonds is 3. The molecular formula is C26H25N5. The van der Waals surface area contributed by atoms with Crippen molar-refractivity contribution in [1.29, 1.82) is 0 Å². The third kappa shape index (κ3) is 2.92. The summed E-state index contributed by atoms with van der Waals surface area (Å²) >= 11 is 0. The molecule has 6 rings (SSSR count). The second-order valence-corrected chi connectivity index (χ2v) is 8.85. The minimum atomic E-state index is -0.113. The van der Waals surface area contributed by atoms with E-state index in [9.17, 15) is 0 Å². The Morgan fingerprint density at radius 3 is 2.65 bits per heavy atom. The topological polar surface area (TPSA) is 69.1 Å². The molecule has 0 bridgehead atoms. The van der Waals surface area contributed by atoms with Gasteiger partial charge in [-0.25, -0.2) is 0 Å². The summed E-state index contributed by atoms with van der Waals surface area (Å²) in [5.41, 5.74) is 13.0. The third-order valence-corrected chi connectivity index (χ3v) is 6.93. The van der Waals surface area contributed by atoms with Crippen LogP contribution in [0.5, 0.6) is 0 Å². The Kier molecular flexibility index (Phi) is 4.08. The highest BCUT2D eigenvalue weighted by Gasteiger charge is 2.36. The summed E-state index contributed by atoms with van der Waals surface area (Å²) in [6, 6.07) is 14.8. The Labute approximate surface area is 181 Å². The predicted octanol–water partition coefficient (Wildman–Crippen LogP) is 5.10. The average molecular weight is 408 g/mol. The van der Waals surface area contributed by atoms with Crippen LogP contribution in [0.15, 0.2) is 72.5 Å². The maximum atomic E-state index is 6.56. The van der Waals surface area contributed by atoms with Crippen molar-refractivity contribution in [3.63, 3.8) is 0 Å². The molecule has 31 heavy (non-hydrogen) atoms. The van der Waals surface area contributed by atoms with Crippen molar-refractivity contribution >= 4 is 16.6 Å². The van der Waals surface area contributed by atoms with E-state index in [2.05, 4.69) is 64.8 Å². The molecule has 1 unspecified atom stereocenters. The molecule has 0 spiro atoms. The molecule has 1 saturated carbocycles. The highest BCUT2D eigenvalue weighted by Crippen LogP contribution is 2.41. The normalized spacial score (nSPS) is 20.1. The van der Waals surface area contributed by atoms with Crippen LogP contribution in [-0.4, -0.2) is 25.1 Å². The number of nitrogens with zero attached hydrogens (tertiary/aromatic N) is 4. The van der Waals surface area contributed by atoms with Crippen LogP contribution in [-0.2, 0) is 0 Å². The van der Waals surface area contributed by atoms with Crippen molar-refractivity contribution in [2.45, 2.75) is 44.1 Å². The van der Waals surface area contributed by atoms with Gasteiger partial charge in [-0.05, 0) is 55.9 Å². The lowest BCUT2D eigenvalue weighted by Crippen LogP contribution is -2.48. The number of hydrogen-bond acceptors (Lipinski definition) is 4. The van der Waals surface area contributed by atoms with Crippen LogP contribution < -0.4 is 5.73 Å². The molecular weight excluding hydrogens is 382 g/mol. The van der Waals surface area contributed by atoms with Gasteiger partial charge < -0.3 is 5.73 Å². The van der Waals surface area contributed by atoms with Gasteiger partial charge in [-0.3, -0.25) is 9.38 Å². The number of hydrogen-bond donors (Lipinski definition) is 1. The quantitative estimate of drug-likeness (QED) is 0.513. The van der Waals surface area contributed by atoms with Gasteiger partial charge >= 0.3 is 0 Å². The first-order valence-corrected chi connectivity index (χ1v) is 11.0. The van der Waals surface area contributed by atoms with Gasteiger partial charge in [0.15, 0.2) is 5.65 Å². The van der Waals surface area contributed by atoms with E-state index in [0.29, 0.717) is 0 Å². The van der Waals surface area contributed by atoms with Crippen molar-refractivity contribution < 1.29 is 0 Å². The third-order valence-electron chi connectivity index (χ3n) is 6.93. The van der Waals surface area contributed by atoms with Gasteiger partial charge in [0.05, 0.1) is 11.2 Å². The van der Waals surface area contributed by atoms with Crippen LogP contribution >= 0.6 is 0 Å². The number of nitrogens with two attached hydrogens (primary N) is 1. The molecule has 154 valence electrons. The second-order valence-electron chi connectivity index (χ2n) is 8.85. The molecule has 2 aliphatic carbocycles. The molecule has 5 nitrogen and oxygen atoms in total. The van der Waals surface area contributed by atoms with E-state index >= 15 is 0 Å². The van der Waals surface area contributed by atoms with Gasteiger partial charge in [0.2, 0.25) is 0 Å². The molecule has 2 N–H and O–H groups in total. The van der Waals surface area contributed by atoms with E-state index in [1.807, 2.05) is 23.6 Å². The largest absolute Gasteiger partial charge is 0.321 e. The zero-order chi connectivity index (χ0) is 21.0. The highest BCUT2D eigenvalue weighted by molar-refractivity contribution is 5.95. The minimum Gasteiger partial charge on any atom is -0.321 e. The Hall–Kier alpha value is -3.31. The summed E-state index contributed by atoms with van der Waals surface area (Å²) < 4.78 is 2.02. The molecule has 0 amide bonds. The van der Waals surface area contributed by atoms with Crippen molar-refractivity contribution in [2.24, 2.45) is 5.73 Å². The van der Waals surface area contributed by atoms with Gasteiger partial charge in [-0.1, -0.05) is 48.6 Å². The van der Waals surface area contributed by atoms with Crippen molar-refractivity contribution in [2.75, 3.05) is 0 Å². The number of fused-ring (bicyclic) bond motifs is 3. The van der Waals surface area contributed by atoms with Crippen LogP contribution in [0.3, 0.4) is 0 Å². The first-order chi connectivity index (χ1) is 15.1. The molecule has 2 aliphatic rings. The van der Waals surface area contributed by atoms with Gasteiger partial charge in [0.1, 0.15) is 5.82 Å². The van der Waals surface area contributed by atoms with Crippen LogP contribution in [0.25, 0.3) is 27.7 Å². The molecule has 5 heteroatoms. The lowest BCUT2D eigenvalue weighted by molar-refractivity contribution is 0.302. The summed E-state index contributed by atoms with van der Waals surface area (Å²) in [6.07, 6.45) is 13.2. The Balaban J connectivity index is 1.50. The van der Waals surface area contributed by atoms with E-state index < -0.39 is 0 Å². The van der Waals surface area contributed by atoms with E-state index in [1.165, 1.54) is 17.6 Å². The number of benzene rings is 1. The van der Waals surface area contributed by atoms with E-state index in [1.54, 1.807) is 0 Å². The Bertz CT molecular complexity index is 1360. The number of aryl methyl sites for hydroxylation is 1. The fraction of sp³-hybridized carbons (Fsp3) is 0.269. The Morgan fingerprint density at radius 1 is 1.10 bits per heavy atom. The summed E-state index contributed by atoms with van der Waals surface area (Å²) in [6.45, 7) is 1.97. The molecule has 4 aromatic rings. The maximum Gasteiger partial charge on any atom is 0.170 e. The van der Waals surface area contributed by atoms with Crippen molar-refractivity contribution in [1.82, 2.24) is 19.6 Å². The molecule has 0 saturated heterocycles. The van der Waals surface area contributed by atoms with Crippen LogP contribution in [0.2, 0.25) is 0 Å². The van der Waals surface area contributed by atoms with E-state index in [0.717, 1.165) is 52.9 Å². The standard InChI is InChI=1S/C26H25N5/c1-17-29-30-25-22-16-21(18-6-3-2-4-7-18)24(28-23(22)12-15-31(17)25)19-8-10-20(11-9-19)26(27)13-5-14-26/h2-4,6-8,10-12,15-16,19H,5,9,13-14,27H2,1H3. The highest BCUT2D eigenvalue weighted by atomic mass is 15.2. The van der Waals surface area contributed by atoms with Gasteiger partial charge in [0.25, 0.3) is 0 Å². The van der Waals surface area contributed by atoms with Crippen LogP contribution in [0, 0.1) is 6.92 Å². The maximum absolute atomic E-state index is 6.56. The molecule has 1 aromatic carbocycles. The zero-order valence-corrected chi connectivity index (χ0v) is 17.6. The number of pyridine rings is 2. The van der Waals surface area contributed by atoms with Crippen molar-refractivity contribution in [3.8, 4) is 11.1 Å². The average Bonchev–Trinajstić information content (AvgIpc) is 3.18. The van der Waals surface area contributed by atoms with E-state index in [-0.39, 0.29) is 11.5 Å². The zero-order valence-electron chi connectivity index (χ0n) is 17.6. The van der Waals surface area contributed by atoms with Gasteiger partial charge in [-0.2, -0.15) is 0 Å². The molecule has 0 radical (unpaired) electrons. The fourth-order valence-corrected chi connectivity index (χ4v) is 4.90. The van der Waals surface area contributed by atoms with Crippen LogP contribution in [0.4, 0.5) is 0 Å². The molecule has 0 aliphatic heterocycles. The minimum absolute atomic E-state index is 0.113. The van der Waals surface area contributed by atoms with Crippen LogP contribution in [0.1, 0.15) is 43.1 Å². The lowest BCUT2D eigenvalue weighted by atomic mass is 9.70. The van der Waals surface area contributed by atoms with Gasteiger partial charge in [-0.15, -0.1) is 10.2 Å². The molecule has 3 heterocycles. The molecule has 1 fully saturated rings. The SMILES string of the molecule is Cc1nnc2c3cc(-c4ccccc4)c(C4C=CC(C5(N)CCC5)=CC4)nc3ccn12. The van der Waals surface area contributed by atoms with Crippen molar-refractivity contribution in [3.05, 3.63) is 84.0 Å². The number of allylic oxidation sites excluding steroid dienone is 2. The first-order valence-electron chi connectivity index (χ1n) is 11.0. The monoisotopic (exact) mass is 407 g/mol. The molecule has 3 aromatic heterocycles. The van der Waals surface area contributed by atoms with Gasteiger partial charge in [0, 0.05) is 28.6 Å². The Morgan fingerprint density at radius 2 is 1.94 bits per heavy atom. The number of aromatic nitrogens is 4. The second kappa shape index (κ2) is 6.86. The first kappa shape index (κ1) is 18.5. The van der Waals surface area contributed by atoms with E-state index in [4.69, 9.17) is 10.7 Å². The smallest absolute Gasteiger partial charge is 0.170 e. The summed E-state index contributed by atoms with van der Waals surface area (Å²) in [4.78, 5) is 5.16. The molecule has 1 atom stereocenters. The summed E-state index contributed by atoms with van der Waals surface area (Å²) in [7, 11) is 0.